The molecule has 1 aromatic heterocycles. The van der Waals surface area contributed by atoms with Crippen molar-refractivity contribution in [2.24, 2.45) is 0 Å². The van der Waals surface area contributed by atoms with E-state index in [-0.39, 0.29) is 18.2 Å². The number of aromatic nitrogens is 3. The van der Waals surface area contributed by atoms with Crippen LogP contribution in [0.3, 0.4) is 0 Å². The summed E-state index contributed by atoms with van der Waals surface area (Å²) < 4.78 is 24.9. The van der Waals surface area contributed by atoms with Crippen molar-refractivity contribution in [1.82, 2.24) is 20.3 Å². The van der Waals surface area contributed by atoms with E-state index >= 15 is 0 Å². The lowest BCUT2D eigenvalue weighted by Crippen LogP contribution is -2.47. The molecule has 0 spiro atoms. The highest BCUT2D eigenvalue weighted by molar-refractivity contribution is 5.82. The van der Waals surface area contributed by atoms with Crippen LogP contribution in [0.5, 0.6) is 0 Å². The Bertz CT molecular complexity index is 834. The fourth-order valence-corrected chi connectivity index (χ4v) is 4.14. The molecule has 3 heterocycles. The van der Waals surface area contributed by atoms with Gasteiger partial charge in [-0.25, -0.2) is 4.68 Å². The van der Waals surface area contributed by atoms with Crippen molar-refractivity contribution in [2.75, 3.05) is 6.61 Å². The smallest absolute Gasteiger partial charge is 0.252 e. The number of nitrogens with one attached hydrogen (secondary N) is 1. The summed E-state index contributed by atoms with van der Waals surface area (Å²) in [7, 11) is 0. The lowest BCUT2D eigenvalue weighted by molar-refractivity contribution is -0.146. The monoisotopic (exact) mass is 484 g/mol. The summed E-state index contributed by atoms with van der Waals surface area (Å²) in [6, 6.07) is -0.465. The van der Waals surface area contributed by atoms with Crippen LogP contribution in [-0.4, -0.2) is 91.7 Å². The number of ether oxygens (including phenoxy) is 4. The van der Waals surface area contributed by atoms with Crippen molar-refractivity contribution in [2.45, 2.75) is 122 Å². The topological polar surface area (TPSA) is 137 Å². The summed E-state index contributed by atoms with van der Waals surface area (Å²) in [5.74, 6) is -0.401. The van der Waals surface area contributed by atoms with Crippen molar-refractivity contribution < 1.29 is 34.0 Å². The Hall–Kier alpha value is -1.63. The average molecular weight is 485 g/mol. The predicted molar refractivity (Wildman–Crippen MR) is 122 cm³/mol. The van der Waals surface area contributed by atoms with Crippen LogP contribution in [0.1, 0.15) is 67.1 Å². The van der Waals surface area contributed by atoms with E-state index in [1.807, 2.05) is 41.5 Å². The molecule has 194 valence electrons. The van der Waals surface area contributed by atoms with Crippen molar-refractivity contribution in [1.29, 1.82) is 0 Å². The molecule has 2 fully saturated rings. The lowest BCUT2D eigenvalue weighted by Gasteiger charge is -2.28. The maximum atomic E-state index is 12.8. The van der Waals surface area contributed by atoms with Gasteiger partial charge in [0.2, 0.25) is 0 Å². The average Bonchev–Trinajstić information content (AvgIpc) is 3.36. The van der Waals surface area contributed by atoms with Gasteiger partial charge in [-0.05, 0) is 55.4 Å². The van der Waals surface area contributed by atoms with Gasteiger partial charge in [-0.15, -0.1) is 5.10 Å². The van der Waals surface area contributed by atoms with Crippen LogP contribution in [-0.2, 0) is 30.3 Å². The summed E-state index contributed by atoms with van der Waals surface area (Å²) in [5, 5.41) is 32.2. The number of aliphatic hydroxyl groups excluding tert-OH is 2. The highest BCUT2D eigenvalue weighted by Gasteiger charge is 2.48. The van der Waals surface area contributed by atoms with Crippen LogP contribution >= 0.6 is 0 Å². The van der Waals surface area contributed by atoms with Crippen molar-refractivity contribution >= 4 is 5.91 Å². The van der Waals surface area contributed by atoms with Gasteiger partial charge < -0.3 is 34.5 Å². The fraction of sp³-hybridized carbons (Fsp3) is 0.870. The van der Waals surface area contributed by atoms with E-state index in [2.05, 4.69) is 15.6 Å². The minimum absolute atomic E-state index is 0.105. The van der Waals surface area contributed by atoms with E-state index in [0.717, 1.165) is 0 Å². The molecule has 3 N–H and O–H groups in total. The zero-order valence-electron chi connectivity index (χ0n) is 21.4. The molecule has 0 radical (unpaired) electrons. The summed E-state index contributed by atoms with van der Waals surface area (Å²) in [5.41, 5.74) is -0.380. The first-order chi connectivity index (χ1) is 15.7. The van der Waals surface area contributed by atoms with Gasteiger partial charge in [-0.3, -0.25) is 4.79 Å². The molecule has 8 atom stereocenters. The Kier molecular flexibility index (Phi) is 8.06. The summed E-state index contributed by atoms with van der Waals surface area (Å²) >= 11 is 0. The van der Waals surface area contributed by atoms with Gasteiger partial charge in [-0.1, -0.05) is 5.21 Å². The van der Waals surface area contributed by atoms with Gasteiger partial charge in [-0.2, -0.15) is 0 Å². The second-order valence-electron chi connectivity index (χ2n) is 11.1. The predicted octanol–water partition coefficient (Wildman–Crippen LogP) is 0.731. The van der Waals surface area contributed by atoms with Crippen molar-refractivity contribution in [3.8, 4) is 0 Å². The van der Waals surface area contributed by atoms with Gasteiger partial charge in [0, 0.05) is 0 Å². The molecule has 0 aliphatic carbocycles. The van der Waals surface area contributed by atoms with Crippen LogP contribution in [0, 0.1) is 0 Å². The molecule has 2 unspecified atom stereocenters. The first-order valence-electron chi connectivity index (χ1n) is 11.8. The van der Waals surface area contributed by atoms with E-state index in [4.69, 9.17) is 18.9 Å². The van der Waals surface area contributed by atoms with Crippen LogP contribution in [0.4, 0.5) is 0 Å². The van der Waals surface area contributed by atoms with Crippen LogP contribution < -0.4 is 5.32 Å². The number of amides is 1. The molecule has 34 heavy (non-hydrogen) atoms. The third-order valence-corrected chi connectivity index (χ3v) is 5.81. The molecule has 1 aromatic rings. The van der Waals surface area contributed by atoms with E-state index < -0.39 is 54.2 Å². The maximum Gasteiger partial charge on any atom is 0.252 e. The molecule has 2 aliphatic rings. The molecule has 0 saturated carbocycles. The first kappa shape index (κ1) is 27.0. The van der Waals surface area contributed by atoms with Crippen molar-refractivity contribution in [3.63, 3.8) is 0 Å². The van der Waals surface area contributed by atoms with Crippen LogP contribution in [0.25, 0.3) is 0 Å². The second kappa shape index (κ2) is 10.2. The Balaban J connectivity index is 1.63. The van der Waals surface area contributed by atoms with Crippen LogP contribution in [0.15, 0.2) is 6.20 Å². The standard InChI is InChI=1S/C23H40N4O7/c1-12-17(28)16(15(32-12)11-31-22(3,4)5)27-10-14(25-26-27)9-24-21(30)20-19(34-23(6,7)8)18(29)13(2)33-20/h10,12-13,15-20,28-29H,9,11H2,1-8H3,(H,24,30)/t12-,13-,15+,16?,17+,18+,19?,20-/m0/s1. The molecule has 3 rings (SSSR count). The number of carbonyl (C=O) groups is 1. The third-order valence-electron chi connectivity index (χ3n) is 5.81. The first-order valence-corrected chi connectivity index (χ1v) is 11.8. The number of hydrogen-bond acceptors (Lipinski definition) is 9. The SMILES string of the molecule is C[C@@H]1O[C@H](C(=O)NCc2cn(C3[C@@H](COC(C)(C)C)O[C@@H](C)[C@H]3O)nn2)C(OC(C)(C)C)[C@@H]1O. The zero-order chi connectivity index (χ0) is 25.4. The van der Waals surface area contributed by atoms with Gasteiger partial charge in [0.05, 0.1) is 42.8 Å². The molecule has 1 amide bonds. The van der Waals surface area contributed by atoms with Crippen molar-refractivity contribution in [3.05, 3.63) is 11.9 Å². The Labute approximate surface area is 201 Å². The molecule has 0 aromatic carbocycles. The van der Waals surface area contributed by atoms with Gasteiger partial charge >= 0.3 is 0 Å². The molecule has 11 nitrogen and oxygen atoms in total. The number of nitrogens with zero attached hydrogens (tertiary/aromatic N) is 3. The minimum atomic E-state index is -0.941. The fourth-order valence-electron chi connectivity index (χ4n) is 4.14. The normalized spacial score (nSPS) is 34.5. The molecular weight excluding hydrogens is 444 g/mol. The van der Waals surface area contributed by atoms with Crippen LogP contribution in [0.2, 0.25) is 0 Å². The zero-order valence-corrected chi connectivity index (χ0v) is 21.4. The highest BCUT2D eigenvalue weighted by Crippen LogP contribution is 2.32. The Morgan fingerprint density at radius 2 is 1.74 bits per heavy atom. The summed E-state index contributed by atoms with van der Waals surface area (Å²) in [6.07, 6.45) is -3.02. The molecule has 2 aliphatic heterocycles. The van der Waals surface area contributed by atoms with E-state index in [1.54, 1.807) is 24.7 Å². The van der Waals surface area contributed by atoms with Gasteiger partial charge in [0.1, 0.15) is 36.2 Å². The van der Waals surface area contributed by atoms with Gasteiger partial charge in [0.25, 0.3) is 5.91 Å². The third kappa shape index (κ3) is 6.52. The number of rotatable bonds is 7. The molecule has 11 heteroatoms. The van der Waals surface area contributed by atoms with E-state index in [0.29, 0.717) is 12.3 Å². The van der Waals surface area contributed by atoms with E-state index in [1.165, 1.54) is 0 Å². The summed E-state index contributed by atoms with van der Waals surface area (Å²) in [6.45, 7) is 15.4. The Morgan fingerprint density at radius 1 is 1.09 bits per heavy atom. The maximum absolute atomic E-state index is 12.8. The molecule has 0 bridgehead atoms. The highest BCUT2D eigenvalue weighted by atomic mass is 16.6. The van der Waals surface area contributed by atoms with E-state index in [9.17, 15) is 15.0 Å². The Morgan fingerprint density at radius 3 is 2.35 bits per heavy atom. The quantitative estimate of drug-likeness (QED) is 0.511. The number of carbonyl (C=O) groups excluding carboxylic acids is 1. The minimum Gasteiger partial charge on any atom is -0.388 e. The number of hydrogen-bond donors (Lipinski definition) is 3. The lowest BCUT2D eigenvalue weighted by atomic mass is 10.1. The largest absolute Gasteiger partial charge is 0.388 e. The molecular formula is C23H40N4O7. The van der Waals surface area contributed by atoms with Gasteiger partial charge in [0.15, 0.2) is 6.10 Å². The number of aliphatic hydroxyl groups is 2. The second-order valence-corrected chi connectivity index (χ2v) is 11.1. The summed E-state index contributed by atoms with van der Waals surface area (Å²) in [4.78, 5) is 12.8. The molecule has 2 saturated heterocycles.